The molecule has 0 fully saturated rings. The summed E-state index contributed by atoms with van der Waals surface area (Å²) in [6.07, 6.45) is 2.98. The van der Waals surface area contributed by atoms with Crippen LogP contribution in [0.15, 0.2) is 12.4 Å². The summed E-state index contributed by atoms with van der Waals surface area (Å²) in [5, 5.41) is 17.6. The highest BCUT2D eigenvalue weighted by Gasteiger charge is 2.27. The van der Waals surface area contributed by atoms with Crippen molar-refractivity contribution in [1.82, 2.24) is 9.97 Å². The molecule has 2 atom stereocenters. The van der Waals surface area contributed by atoms with Gasteiger partial charge in [-0.1, -0.05) is 6.92 Å². The lowest BCUT2D eigenvalue weighted by Crippen LogP contribution is -2.20. The maximum Gasteiger partial charge on any atom is 0.314 e. The van der Waals surface area contributed by atoms with Crippen molar-refractivity contribution in [2.24, 2.45) is 5.92 Å². The Bertz CT molecular complexity index is 352. The van der Waals surface area contributed by atoms with E-state index >= 15 is 0 Å². The minimum Gasteiger partial charge on any atom is -0.481 e. The minimum atomic E-state index is -1.07. The molecule has 1 rings (SSSR count). The zero-order valence-corrected chi connectivity index (χ0v) is 10.3. The molecule has 3 N–H and O–H groups in total. The van der Waals surface area contributed by atoms with Crippen molar-refractivity contribution in [2.45, 2.75) is 19.3 Å². The van der Waals surface area contributed by atoms with Crippen molar-refractivity contribution < 1.29 is 19.8 Å². The maximum atomic E-state index is 10.9. The van der Waals surface area contributed by atoms with Gasteiger partial charge in [0.15, 0.2) is 0 Å². The van der Waals surface area contributed by atoms with Crippen LogP contribution in [0.5, 0.6) is 0 Å². The Morgan fingerprint density at radius 3 is 2.44 bits per heavy atom. The summed E-state index contributed by atoms with van der Waals surface area (Å²) in [5.74, 6) is -3.40. The fourth-order valence-corrected chi connectivity index (χ4v) is 1.25. The molecule has 0 amide bonds. The number of carboxylic acids is 2. The van der Waals surface area contributed by atoms with Crippen LogP contribution in [-0.2, 0) is 9.59 Å². The third-order valence-corrected chi connectivity index (χ3v) is 2.16. The van der Waals surface area contributed by atoms with E-state index in [0.717, 1.165) is 0 Å². The van der Waals surface area contributed by atoms with Gasteiger partial charge < -0.3 is 15.2 Å². The zero-order chi connectivity index (χ0) is 11.4. The van der Waals surface area contributed by atoms with Crippen LogP contribution in [0.3, 0.4) is 0 Å². The van der Waals surface area contributed by atoms with Crippen molar-refractivity contribution in [2.75, 3.05) is 0 Å². The van der Waals surface area contributed by atoms with E-state index in [-0.39, 0.29) is 29.2 Å². The number of H-pyrrole nitrogens is 1. The summed E-state index contributed by atoms with van der Waals surface area (Å²) in [6.45, 7) is 1.47. The van der Waals surface area contributed by atoms with E-state index in [0.29, 0.717) is 0 Å². The van der Waals surface area contributed by atoms with Gasteiger partial charge in [-0.05, 0) is 6.42 Å². The molecular weight excluding hydrogens is 280 g/mol. The highest BCUT2D eigenvalue weighted by Crippen LogP contribution is 2.21. The molecule has 7 heteroatoms. The van der Waals surface area contributed by atoms with Crippen LogP contribution in [0.2, 0.25) is 0 Å². The van der Waals surface area contributed by atoms with Gasteiger partial charge in [0, 0.05) is 12.4 Å². The molecule has 1 aromatic rings. The molecule has 0 aliphatic carbocycles. The Labute approximate surface area is 102 Å². The summed E-state index contributed by atoms with van der Waals surface area (Å²) in [6, 6.07) is 0. The molecule has 0 spiro atoms. The number of aromatic amines is 1. The number of imidazole rings is 1. The maximum absolute atomic E-state index is 10.9. The molecule has 1 heterocycles. The zero-order valence-electron chi connectivity index (χ0n) is 8.58. The Balaban J connectivity index is 0.00000225. The molecule has 16 heavy (non-hydrogen) atoms. The molecular formula is C9H13BrN2O4. The summed E-state index contributed by atoms with van der Waals surface area (Å²) >= 11 is 0. The van der Waals surface area contributed by atoms with E-state index in [2.05, 4.69) is 9.97 Å². The van der Waals surface area contributed by atoms with E-state index < -0.39 is 23.8 Å². The third-order valence-electron chi connectivity index (χ3n) is 2.16. The molecule has 0 aliphatic rings. The number of carboxylic acid groups (broad SMARTS) is 2. The number of aliphatic carboxylic acids is 2. The molecule has 2 unspecified atom stereocenters. The average Bonchev–Trinajstić information content (AvgIpc) is 2.65. The first kappa shape index (κ1) is 14.6. The molecule has 1 aromatic heterocycles. The first-order valence-electron chi connectivity index (χ1n) is 4.47. The second-order valence-corrected chi connectivity index (χ2v) is 3.34. The monoisotopic (exact) mass is 292 g/mol. The van der Waals surface area contributed by atoms with Crippen LogP contribution in [0.4, 0.5) is 0 Å². The highest BCUT2D eigenvalue weighted by atomic mass is 79.9. The van der Waals surface area contributed by atoms with E-state index in [1.54, 1.807) is 0 Å². The fraction of sp³-hybridized carbons (Fsp3) is 0.444. The topological polar surface area (TPSA) is 103 Å². The first-order chi connectivity index (χ1) is 7.02. The van der Waals surface area contributed by atoms with Gasteiger partial charge in [-0.2, -0.15) is 0 Å². The molecule has 0 saturated carbocycles. The Morgan fingerprint density at radius 1 is 1.44 bits per heavy atom. The molecule has 0 saturated heterocycles. The summed E-state index contributed by atoms with van der Waals surface area (Å²) < 4.78 is 0. The molecule has 0 bridgehead atoms. The quantitative estimate of drug-likeness (QED) is 0.758. The number of nitrogens with zero attached hydrogens (tertiary/aromatic N) is 1. The van der Waals surface area contributed by atoms with E-state index in [9.17, 15) is 9.59 Å². The van der Waals surface area contributed by atoms with E-state index in [4.69, 9.17) is 10.2 Å². The van der Waals surface area contributed by atoms with Crippen LogP contribution < -0.4 is 0 Å². The Hall–Kier alpha value is -1.37. The summed E-state index contributed by atoms with van der Waals surface area (Å²) in [5.41, 5.74) is 0. The first-order valence-corrected chi connectivity index (χ1v) is 4.47. The predicted octanol–water partition coefficient (Wildman–Crippen LogP) is 1.27. The average molecular weight is 293 g/mol. The predicted molar refractivity (Wildman–Crippen MR) is 60.7 cm³/mol. The number of aromatic nitrogens is 2. The number of nitrogens with one attached hydrogen (secondary N) is 1. The fourth-order valence-electron chi connectivity index (χ4n) is 1.25. The van der Waals surface area contributed by atoms with Gasteiger partial charge in [-0.15, -0.1) is 17.0 Å². The highest BCUT2D eigenvalue weighted by molar-refractivity contribution is 8.93. The van der Waals surface area contributed by atoms with Gasteiger partial charge in [-0.25, -0.2) is 4.98 Å². The van der Waals surface area contributed by atoms with Crippen molar-refractivity contribution >= 4 is 28.9 Å². The summed E-state index contributed by atoms with van der Waals surface area (Å²) in [7, 11) is 0. The standard InChI is InChI=1S/C9H12N2O4.BrH/c1-5(8(12)13)4-6(9(14)15)7-10-2-3-11-7;/h2-3,5-6H,4H2,1H3,(H,10,11)(H,12,13)(H,14,15);1H. The van der Waals surface area contributed by atoms with Crippen molar-refractivity contribution in [3.63, 3.8) is 0 Å². The second kappa shape index (κ2) is 6.26. The normalized spacial score (nSPS) is 13.6. The van der Waals surface area contributed by atoms with Crippen molar-refractivity contribution in [1.29, 1.82) is 0 Å². The van der Waals surface area contributed by atoms with Crippen LogP contribution in [0.25, 0.3) is 0 Å². The minimum absolute atomic E-state index is 0. The number of carbonyl (C=O) groups is 2. The number of halogens is 1. The van der Waals surface area contributed by atoms with Gasteiger partial charge in [0.1, 0.15) is 11.7 Å². The SMILES string of the molecule is Br.CC(CC(C(=O)O)c1ncc[nH]1)C(=O)O. The molecule has 0 aromatic carbocycles. The second-order valence-electron chi connectivity index (χ2n) is 3.34. The largest absolute Gasteiger partial charge is 0.481 e. The third kappa shape index (κ3) is 3.65. The van der Waals surface area contributed by atoms with Crippen LogP contribution in [-0.4, -0.2) is 32.1 Å². The van der Waals surface area contributed by atoms with Crippen molar-refractivity contribution in [3.8, 4) is 0 Å². The molecule has 6 nitrogen and oxygen atoms in total. The Kier molecular flexibility index (Phi) is 5.73. The van der Waals surface area contributed by atoms with Crippen LogP contribution >= 0.6 is 17.0 Å². The van der Waals surface area contributed by atoms with E-state index in [1.165, 1.54) is 19.3 Å². The summed E-state index contributed by atoms with van der Waals surface area (Å²) in [4.78, 5) is 28.0. The lowest BCUT2D eigenvalue weighted by Gasteiger charge is -2.12. The van der Waals surface area contributed by atoms with Crippen molar-refractivity contribution in [3.05, 3.63) is 18.2 Å². The number of hydrogen-bond donors (Lipinski definition) is 3. The van der Waals surface area contributed by atoms with Gasteiger partial charge >= 0.3 is 11.9 Å². The van der Waals surface area contributed by atoms with Crippen LogP contribution in [0, 0.1) is 5.92 Å². The van der Waals surface area contributed by atoms with Crippen LogP contribution in [0.1, 0.15) is 25.1 Å². The van der Waals surface area contributed by atoms with E-state index in [1.807, 2.05) is 0 Å². The van der Waals surface area contributed by atoms with Gasteiger partial charge in [0.2, 0.25) is 0 Å². The smallest absolute Gasteiger partial charge is 0.314 e. The molecule has 0 aliphatic heterocycles. The van der Waals surface area contributed by atoms with Gasteiger partial charge in [0.05, 0.1) is 5.92 Å². The van der Waals surface area contributed by atoms with Gasteiger partial charge in [-0.3, -0.25) is 9.59 Å². The number of rotatable bonds is 5. The molecule has 0 radical (unpaired) electrons. The number of hydrogen-bond acceptors (Lipinski definition) is 3. The van der Waals surface area contributed by atoms with Gasteiger partial charge in [0.25, 0.3) is 0 Å². The lowest BCUT2D eigenvalue weighted by atomic mass is 9.95. The Morgan fingerprint density at radius 2 is 2.06 bits per heavy atom. The lowest BCUT2D eigenvalue weighted by molar-refractivity contribution is -0.143. The molecule has 90 valence electrons.